The summed E-state index contributed by atoms with van der Waals surface area (Å²) < 4.78 is 109. The number of halogens is 3. The number of carbonyl (C=O) groups excluding carboxylic acids is 1. The van der Waals surface area contributed by atoms with Crippen LogP contribution in [0.25, 0.3) is 10.9 Å². The normalized spacial score (nSPS) is 16.6. The Kier molecular flexibility index (Phi) is 13.3. The monoisotopic (exact) mass is 865 g/mol. The average Bonchev–Trinajstić information content (AvgIpc) is 3.18. The van der Waals surface area contributed by atoms with Crippen molar-refractivity contribution < 1.29 is 44.3 Å². The van der Waals surface area contributed by atoms with Gasteiger partial charge < -0.3 is 24.6 Å². The molecule has 14 nitrogen and oxygen atoms in total. The number of ether oxygens (including phenoxy) is 2. The average molecular weight is 866 g/mol. The molecule has 0 radical (unpaired) electrons. The molecule has 0 saturated carbocycles. The number of nitrogens with zero attached hydrogens (tertiary/aromatic N) is 5. The predicted octanol–water partition coefficient (Wildman–Crippen LogP) is 6.08. The van der Waals surface area contributed by atoms with E-state index in [4.69, 9.17) is 9.47 Å². The van der Waals surface area contributed by atoms with Crippen LogP contribution in [0, 0.1) is 0 Å². The maximum atomic E-state index is 14.2. The minimum absolute atomic E-state index is 0.158. The molecule has 0 bridgehead atoms. The van der Waals surface area contributed by atoms with Crippen molar-refractivity contribution in [2.45, 2.75) is 59.0 Å². The van der Waals surface area contributed by atoms with Gasteiger partial charge in [0.05, 0.1) is 29.3 Å². The van der Waals surface area contributed by atoms with E-state index in [1.54, 1.807) is 43.9 Å². The highest BCUT2D eigenvalue weighted by atomic mass is 32.2. The number of sulfonamides is 1. The minimum atomic E-state index is -6.03. The Morgan fingerprint density at radius 3 is 2.29 bits per heavy atom. The number of carbonyl (C=O) groups is 1. The molecule has 1 aromatic heterocycles. The molecule has 3 aromatic carbocycles. The highest BCUT2D eigenvalue weighted by Gasteiger charge is 2.48. The van der Waals surface area contributed by atoms with Gasteiger partial charge in [-0.1, -0.05) is 18.2 Å². The molecule has 314 valence electrons. The number of fused-ring (bicyclic) bond motifs is 1. The Balaban J connectivity index is 1.23. The zero-order chi connectivity index (χ0) is 41.7. The van der Waals surface area contributed by atoms with Crippen molar-refractivity contribution in [3.8, 4) is 0 Å². The van der Waals surface area contributed by atoms with Crippen LogP contribution >= 0.6 is 11.8 Å². The summed E-state index contributed by atoms with van der Waals surface area (Å²) in [7, 11) is -10.7. The van der Waals surface area contributed by atoms with Gasteiger partial charge in [-0.15, -0.1) is 11.8 Å². The van der Waals surface area contributed by atoms with Crippen molar-refractivity contribution in [3.63, 3.8) is 0 Å². The van der Waals surface area contributed by atoms with Crippen LogP contribution in [0.2, 0.25) is 0 Å². The zero-order valence-corrected chi connectivity index (χ0v) is 34.7. The van der Waals surface area contributed by atoms with E-state index in [9.17, 15) is 34.8 Å². The molecule has 3 heterocycles. The molecule has 2 fully saturated rings. The number of nitrogens with one attached hydrogen (secondary N) is 2. The highest BCUT2D eigenvalue weighted by molar-refractivity contribution is 7.99. The number of hydrogen-bond acceptors (Lipinski definition) is 13. The van der Waals surface area contributed by atoms with Crippen molar-refractivity contribution in [1.29, 1.82) is 0 Å². The number of amides is 1. The van der Waals surface area contributed by atoms with E-state index in [1.165, 1.54) is 11.8 Å². The van der Waals surface area contributed by atoms with E-state index in [-0.39, 0.29) is 11.5 Å². The van der Waals surface area contributed by atoms with Gasteiger partial charge in [0.15, 0.2) is 5.82 Å². The van der Waals surface area contributed by atoms with Gasteiger partial charge in [-0.25, -0.2) is 31.6 Å². The molecule has 0 aliphatic carbocycles. The maximum Gasteiger partial charge on any atom is 0.501 e. The van der Waals surface area contributed by atoms with Crippen LogP contribution in [0.15, 0.2) is 87.7 Å². The smallest absolute Gasteiger partial charge is 0.444 e. The van der Waals surface area contributed by atoms with Crippen LogP contribution in [0.1, 0.15) is 27.2 Å². The first-order valence-corrected chi connectivity index (χ1v) is 22.6. The topological polar surface area (TPSA) is 163 Å². The molecule has 1 amide bonds. The van der Waals surface area contributed by atoms with Gasteiger partial charge in [0.25, 0.3) is 19.9 Å². The lowest BCUT2D eigenvalue weighted by molar-refractivity contribution is -0.0436. The quantitative estimate of drug-likeness (QED) is 0.149. The van der Waals surface area contributed by atoms with Gasteiger partial charge >= 0.3 is 11.6 Å². The molecule has 58 heavy (non-hydrogen) atoms. The van der Waals surface area contributed by atoms with Crippen molar-refractivity contribution >= 4 is 65.8 Å². The summed E-state index contributed by atoms with van der Waals surface area (Å²) in [5, 5.41) is 3.31. The van der Waals surface area contributed by atoms with E-state index in [2.05, 4.69) is 24.9 Å². The van der Waals surface area contributed by atoms with Crippen molar-refractivity contribution in [2.75, 3.05) is 79.7 Å². The summed E-state index contributed by atoms with van der Waals surface area (Å²) in [5.41, 5.74) is -5.58. The number of piperazine rings is 1. The largest absolute Gasteiger partial charge is 0.501 e. The minimum Gasteiger partial charge on any atom is -0.444 e. The molecule has 0 spiro atoms. The Hall–Kier alpha value is -4.37. The van der Waals surface area contributed by atoms with Gasteiger partial charge in [-0.3, -0.25) is 9.62 Å². The number of hydrogen-bond donors (Lipinski definition) is 2. The SMILES string of the molecule is CC(C)(C)OC(=O)N1CCN(c2ccc3c(NS(=O)(=O)c4ccc(N[C@H](CCN5CCOCC5)CSc5ccccc5)c(S(=O)(=O)C(F)(F)F)c4)ncnc3c2)CC1. The van der Waals surface area contributed by atoms with Crippen LogP contribution < -0.4 is 14.9 Å². The van der Waals surface area contributed by atoms with Crippen molar-refractivity contribution in [2.24, 2.45) is 0 Å². The van der Waals surface area contributed by atoms with Gasteiger partial charge in [0, 0.05) is 73.6 Å². The summed E-state index contributed by atoms with van der Waals surface area (Å²) >= 11 is 1.46. The number of aromatic nitrogens is 2. The first-order chi connectivity index (χ1) is 27.4. The molecule has 2 saturated heterocycles. The molecular formula is C38H46F3N7O7S3. The molecule has 1 atom stereocenters. The fourth-order valence-electron chi connectivity index (χ4n) is 6.41. The second-order valence-electron chi connectivity index (χ2n) is 14.8. The highest BCUT2D eigenvalue weighted by Crippen LogP contribution is 2.37. The second kappa shape index (κ2) is 17.9. The standard InChI is InChI=1S/C38H46F3N7O7S3/c1-37(2,3)55-36(49)48-17-15-47(16-18-48)28-9-11-31-33(23-28)42-26-43-35(31)45-58(52,53)30-10-12-32(34(24-30)57(50,51)38(39,40)41)44-27(13-14-46-19-21-54-22-20-46)25-56-29-7-5-4-6-8-29/h4-12,23-24,26-27,44H,13-22,25H2,1-3H3,(H,42,43,45)/t27-/m1/s1. The van der Waals surface area contributed by atoms with Crippen LogP contribution in [-0.2, 0) is 29.3 Å². The third-order valence-corrected chi connectivity index (χ3v) is 13.5. The second-order valence-corrected chi connectivity index (χ2v) is 19.5. The van der Waals surface area contributed by atoms with Gasteiger partial charge in [-0.05, 0) is 75.7 Å². The van der Waals surface area contributed by atoms with E-state index in [1.807, 2.05) is 35.2 Å². The Morgan fingerprint density at radius 1 is 0.914 bits per heavy atom. The molecular weight excluding hydrogens is 820 g/mol. The van der Waals surface area contributed by atoms with E-state index in [0.717, 1.165) is 29.0 Å². The number of alkyl halides is 3. The summed E-state index contributed by atoms with van der Waals surface area (Å²) in [6.07, 6.45) is 1.20. The Morgan fingerprint density at radius 2 is 1.62 bits per heavy atom. The number of morpholine rings is 1. The molecule has 2 aliphatic rings. The van der Waals surface area contributed by atoms with E-state index in [0.29, 0.717) is 88.2 Å². The molecule has 6 rings (SSSR count). The van der Waals surface area contributed by atoms with Crippen LogP contribution in [0.3, 0.4) is 0 Å². The van der Waals surface area contributed by atoms with Crippen LogP contribution in [0.5, 0.6) is 0 Å². The van der Waals surface area contributed by atoms with Crippen LogP contribution in [0.4, 0.5) is 35.2 Å². The number of rotatable bonds is 13. The lowest BCUT2D eigenvalue weighted by Crippen LogP contribution is -2.50. The molecule has 2 N–H and O–H groups in total. The molecule has 20 heteroatoms. The maximum absolute atomic E-state index is 14.2. The molecule has 2 aliphatic heterocycles. The fourth-order valence-corrected chi connectivity index (χ4v) is 9.48. The zero-order valence-electron chi connectivity index (χ0n) is 32.2. The third-order valence-electron chi connectivity index (χ3n) is 9.46. The lowest BCUT2D eigenvalue weighted by Gasteiger charge is -2.36. The summed E-state index contributed by atoms with van der Waals surface area (Å²) in [6, 6.07) is 16.6. The van der Waals surface area contributed by atoms with Gasteiger partial charge in [0.2, 0.25) is 0 Å². The van der Waals surface area contributed by atoms with Crippen molar-refractivity contribution in [3.05, 3.63) is 73.1 Å². The fraction of sp³-hybridized carbons (Fsp3) is 0.447. The number of benzene rings is 3. The van der Waals surface area contributed by atoms with E-state index >= 15 is 0 Å². The van der Waals surface area contributed by atoms with Crippen LogP contribution in [-0.4, -0.2) is 125 Å². The Bertz CT molecular complexity index is 2280. The van der Waals surface area contributed by atoms with E-state index < -0.39 is 52.9 Å². The van der Waals surface area contributed by atoms with Gasteiger partial charge in [-0.2, -0.15) is 13.2 Å². The number of anilines is 3. The third kappa shape index (κ3) is 10.8. The molecule has 0 unspecified atom stereocenters. The number of thioether (sulfide) groups is 1. The summed E-state index contributed by atoms with van der Waals surface area (Å²) in [6.45, 7) is 10.3. The summed E-state index contributed by atoms with van der Waals surface area (Å²) in [4.78, 5) is 25.7. The first-order valence-electron chi connectivity index (χ1n) is 18.6. The Labute approximate surface area is 340 Å². The first kappa shape index (κ1) is 43.2. The lowest BCUT2D eigenvalue weighted by atomic mass is 10.2. The number of sulfone groups is 1. The van der Waals surface area contributed by atoms with Gasteiger partial charge in [0.1, 0.15) is 16.8 Å². The predicted molar refractivity (Wildman–Crippen MR) is 217 cm³/mol. The molecule has 4 aromatic rings. The van der Waals surface area contributed by atoms with Crippen molar-refractivity contribution in [1.82, 2.24) is 19.8 Å². The summed E-state index contributed by atoms with van der Waals surface area (Å²) in [5.74, 6) is 0.224.